The molecule has 0 aromatic carbocycles. The van der Waals surface area contributed by atoms with Crippen LogP contribution in [0.15, 0.2) is 12.3 Å². The molecule has 2 aromatic rings. The number of anilines is 2. The van der Waals surface area contributed by atoms with Gasteiger partial charge in [0, 0.05) is 24.7 Å². The Balaban J connectivity index is 2.46. The number of aromatic nitrogens is 2. The summed E-state index contributed by atoms with van der Waals surface area (Å²) in [6.07, 6.45) is 2.37. The highest BCUT2D eigenvalue weighted by Crippen LogP contribution is 2.31. The maximum Gasteiger partial charge on any atom is 0.230 e. The number of nitrogens with zero attached hydrogens (tertiary/aromatic N) is 2. The molecule has 3 heterocycles. The van der Waals surface area contributed by atoms with Crippen molar-refractivity contribution >= 4 is 28.4 Å². The van der Waals surface area contributed by atoms with Gasteiger partial charge in [0.15, 0.2) is 0 Å². The summed E-state index contributed by atoms with van der Waals surface area (Å²) in [4.78, 5) is 15.5. The second-order valence-corrected chi connectivity index (χ2v) is 3.78. The monoisotopic (exact) mass is 202 g/mol. The predicted molar refractivity (Wildman–Crippen MR) is 57.5 cm³/mol. The van der Waals surface area contributed by atoms with Gasteiger partial charge in [0.25, 0.3) is 0 Å². The number of aryl methyl sites for hydroxylation is 1. The first-order chi connectivity index (χ1) is 7.15. The maximum absolute atomic E-state index is 11.4. The quantitative estimate of drug-likeness (QED) is 0.658. The molecule has 3 N–H and O–H groups in total. The number of nitrogens with two attached hydrogens (primary N) is 1. The van der Waals surface area contributed by atoms with E-state index in [0.29, 0.717) is 18.1 Å². The zero-order valence-corrected chi connectivity index (χ0v) is 8.24. The van der Waals surface area contributed by atoms with Crippen molar-refractivity contribution in [2.24, 2.45) is 7.05 Å². The summed E-state index contributed by atoms with van der Waals surface area (Å²) in [6, 6.07) is 1.82. The molecule has 0 aliphatic carbocycles. The Bertz CT molecular complexity index is 585. The summed E-state index contributed by atoms with van der Waals surface area (Å²) < 4.78 is 1.96. The average molecular weight is 202 g/mol. The van der Waals surface area contributed by atoms with E-state index in [0.717, 1.165) is 16.5 Å². The zero-order valence-electron chi connectivity index (χ0n) is 8.24. The van der Waals surface area contributed by atoms with Gasteiger partial charge in [0.05, 0.1) is 11.9 Å². The minimum atomic E-state index is -0.0342. The molecule has 0 atom stereocenters. The van der Waals surface area contributed by atoms with Crippen LogP contribution in [-0.2, 0) is 18.3 Å². The Morgan fingerprint density at radius 1 is 1.60 bits per heavy atom. The molecule has 76 valence electrons. The molecule has 0 bridgehead atoms. The van der Waals surface area contributed by atoms with E-state index in [2.05, 4.69) is 10.3 Å². The van der Waals surface area contributed by atoms with E-state index in [1.807, 2.05) is 23.9 Å². The number of hydrogen-bond donors (Lipinski definition) is 2. The van der Waals surface area contributed by atoms with Gasteiger partial charge in [-0.25, -0.2) is 4.98 Å². The van der Waals surface area contributed by atoms with Gasteiger partial charge >= 0.3 is 0 Å². The van der Waals surface area contributed by atoms with E-state index in [9.17, 15) is 4.79 Å². The molecular formula is C10H10N4O. The molecule has 0 saturated carbocycles. The normalized spacial score (nSPS) is 14.3. The van der Waals surface area contributed by atoms with Crippen LogP contribution in [0.25, 0.3) is 10.9 Å². The minimum Gasteiger partial charge on any atom is -0.384 e. The lowest BCUT2D eigenvalue weighted by atomic mass is 10.1. The highest BCUT2D eigenvalue weighted by Gasteiger charge is 2.21. The second-order valence-electron chi connectivity index (χ2n) is 3.78. The average Bonchev–Trinajstić information content (AvgIpc) is 2.43. The van der Waals surface area contributed by atoms with Crippen molar-refractivity contribution in [3.63, 3.8) is 0 Å². The van der Waals surface area contributed by atoms with E-state index in [4.69, 9.17) is 5.73 Å². The zero-order chi connectivity index (χ0) is 10.6. The summed E-state index contributed by atoms with van der Waals surface area (Å²) in [5.74, 6) is 0.970. The van der Waals surface area contributed by atoms with E-state index in [-0.39, 0.29) is 5.91 Å². The number of rotatable bonds is 0. The van der Waals surface area contributed by atoms with Crippen LogP contribution in [0, 0.1) is 0 Å². The molecular weight excluding hydrogens is 192 g/mol. The van der Waals surface area contributed by atoms with Gasteiger partial charge < -0.3 is 15.6 Å². The van der Waals surface area contributed by atoms with Crippen molar-refractivity contribution in [1.29, 1.82) is 0 Å². The Labute approximate surface area is 85.9 Å². The smallest absolute Gasteiger partial charge is 0.230 e. The number of hydrogen-bond acceptors (Lipinski definition) is 3. The number of nitrogen functional groups attached to an aromatic ring is 1. The standard InChI is InChI=1S/C10H10N4O/c1-14-4-5-2-8(15)13-10-9(5)6(14)3-7(11)12-10/h3-4H,2H2,1H3,(H3,11,12,13,15). The first-order valence-electron chi connectivity index (χ1n) is 4.69. The van der Waals surface area contributed by atoms with Crippen molar-refractivity contribution in [3.8, 4) is 0 Å². The largest absolute Gasteiger partial charge is 0.384 e. The molecule has 3 rings (SSSR count). The third-order valence-electron chi connectivity index (χ3n) is 2.68. The van der Waals surface area contributed by atoms with Crippen LogP contribution in [0.3, 0.4) is 0 Å². The molecule has 0 spiro atoms. The third kappa shape index (κ3) is 1.03. The number of amides is 1. The highest BCUT2D eigenvalue weighted by molar-refractivity contribution is 6.08. The van der Waals surface area contributed by atoms with E-state index < -0.39 is 0 Å². The molecule has 5 nitrogen and oxygen atoms in total. The summed E-state index contributed by atoms with van der Waals surface area (Å²) in [6.45, 7) is 0. The fourth-order valence-corrected chi connectivity index (χ4v) is 2.09. The predicted octanol–water partition coefficient (Wildman–Crippen LogP) is 0.650. The number of carbonyl (C=O) groups excluding carboxylic acids is 1. The summed E-state index contributed by atoms with van der Waals surface area (Å²) >= 11 is 0. The van der Waals surface area contributed by atoms with Crippen LogP contribution in [-0.4, -0.2) is 15.5 Å². The SMILES string of the molecule is Cn1cc2c3c(nc(N)cc31)NC(=O)C2. The van der Waals surface area contributed by atoms with Crippen molar-refractivity contribution in [2.75, 3.05) is 11.1 Å². The molecule has 0 radical (unpaired) electrons. The van der Waals surface area contributed by atoms with Gasteiger partial charge in [-0.1, -0.05) is 0 Å². The first-order valence-corrected chi connectivity index (χ1v) is 4.69. The molecule has 1 amide bonds. The highest BCUT2D eigenvalue weighted by atomic mass is 16.1. The minimum absolute atomic E-state index is 0.0342. The van der Waals surface area contributed by atoms with Crippen molar-refractivity contribution < 1.29 is 4.79 Å². The molecule has 2 aromatic heterocycles. The van der Waals surface area contributed by atoms with Crippen LogP contribution in [0.1, 0.15) is 5.56 Å². The summed E-state index contributed by atoms with van der Waals surface area (Å²) in [7, 11) is 1.94. The van der Waals surface area contributed by atoms with Crippen molar-refractivity contribution in [3.05, 3.63) is 17.8 Å². The molecule has 0 unspecified atom stereocenters. The van der Waals surface area contributed by atoms with Crippen LogP contribution >= 0.6 is 0 Å². The lowest BCUT2D eigenvalue weighted by molar-refractivity contribution is -0.115. The lowest BCUT2D eigenvalue weighted by Crippen LogP contribution is -2.19. The van der Waals surface area contributed by atoms with Gasteiger partial charge in [0.1, 0.15) is 11.6 Å². The van der Waals surface area contributed by atoms with Crippen LogP contribution in [0.5, 0.6) is 0 Å². The molecule has 1 aliphatic heterocycles. The molecule has 0 saturated heterocycles. The van der Waals surface area contributed by atoms with Crippen molar-refractivity contribution in [1.82, 2.24) is 9.55 Å². The fourth-order valence-electron chi connectivity index (χ4n) is 2.09. The molecule has 1 aliphatic rings. The maximum atomic E-state index is 11.4. The Hall–Kier alpha value is -2.04. The van der Waals surface area contributed by atoms with Crippen molar-refractivity contribution in [2.45, 2.75) is 6.42 Å². The van der Waals surface area contributed by atoms with Gasteiger partial charge in [-0.15, -0.1) is 0 Å². The number of carbonyl (C=O) groups is 1. The third-order valence-corrected chi connectivity index (χ3v) is 2.68. The van der Waals surface area contributed by atoms with E-state index in [1.165, 1.54) is 0 Å². The lowest BCUT2D eigenvalue weighted by Gasteiger charge is -2.12. The fraction of sp³-hybridized carbons (Fsp3) is 0.200. The van der Waals surface area contributed by atoms with Crippen LogP contribution in [0.2, 0.25) is 0 Å². The Morgan fingerprint density at radius 3 is 3.20 bits per heavy atom. The van der Waals surface area contributed by atoms with E-state index in [1.54, 1.807) is 0 Å². The first kappa shape index (κ1) is 8.28. The summed E-state index contributed by atoms with van der Waals surface area (Å²) in [5, 5.41) is 3.74. The molecule has 5 heteroatoms. The van der Waals surface area contributed by atoms with Gasteiger partial charge in [-0.05, 0) is 5.56 Å². The molecule has 15 heavy (non-hydrogen) atoms. The Kier molecular flexibility index (Phi) is 1.38. The van der Waals surface area contributed by atoms with Gasteiger partial charge in [-0.3, -0.25) is 4.79 Å². The number of pyridine rings is 1. The van der Waals surface area contributed by atoms with E-state index >= 15 is 0 Å². The second kappa shape index (κ2) is 2.50. The van der Waals surface area contributed by atoms with Crippen LogP contribution < -0.4 is 11.1 Å². The van der Waals surface area contributed by atoms with Crippen LogP contribution in [0.4, 0.5) is 11.6 Å². The Morgan fingerprint density at radius 2 is 2.40 bits per heavy atom. The topological polar surface area (TPSA) is 72.9 Å². The molecule has 0 fully saturated rings. The van der Waals surface area contributed by atoms with Gasteiger partial charge in [-0.2, -0.15) is 0 Å². The van der Waals surface area contributed by atoms with Gasteiger partial charge in [0.2, 0.25) is 5.91 Å². The summed E-state index contributed by atoms with van der Waals surface area (Å²) in [5.41, 5.74) is 7.69. The number of nitrogens with one attached hydrogen (secondary N) is 1.